The number of halogens is 1. The Bertz CT molecular complexity index is 853. The number of aromatic nitrogens is 3. The van der Waals surface area contributed by atoms with E-state index >= 15 is 0 Å². The van der Waals surface area contributed by atoms with Crippen LogP contribution < -0.4 is 4.90 Å². The van der Waals surface area contributed by atoms with Gasteiger partial charge in [-0.15, -0.1) is 5.10 Å². The van der Waals surface area contributed by atoms with Gasteiger partial charge >= 0.3 is 0 Å². The third kappa shape index (κ3) is 2.33. The number of nitrogens with zero attached hydrogens (tertiary/aromatic N) is 3. The highest BCUT2D eigenvalue weighted by molar-refractivity contribution is 9.10. The monoisotopic (exact) mass is 352 g/mol. The van der Waals surface area contributed by atoms with Crippen molar-refractivity contribution in [3.8, 4) is 11.4 Å². The Morgan fingerprint density at radius 1 is 1.05 bits per heavy atom. The van der Waals surface area contributed by atoms with Crippen molar-refractivity contribution in [1.29, 1.82) is 0 Å². The van der Waals surface area contributed by atoms with E-state index in [9.17, 15) is 0 Å². The molecule has 108 valence electrons. The highest BCUT2D eigenvalue weighted by Crippen LogP contribution is 2.28. The highest BCUT2D eigenvalue weighted by Gasteiger charge is 2.16. The van der Waals surface area contributed by atoms with Crippen molar-refractivity contribution >= 4 is 28.0 Å². The molecule has 0 bridgehead atoms. The molecule has 4 rings (SSSR count). The number of H-pyrrole nitrogens is 1. The van der Waals surface area contributed by atoms with Gasteiger partial charge in [0.05, 0.1) is 6.54 Å². The lowest BCUT2D eigenvalue weighted by Crippen LogP contribution is -2.20. The van der Waals surface area contributed by atoms with Crippen molar-refractivity contribution in [3.05, 3.63) is 70.3 Å². The Morgan fingerprint density at radius 3 is 2.77 bits per heavy atom. The lowest BCUT2D eigenvalue weighted by molar-refractivity contribution is 0.899. The molecule has 0 aliphatic carbocycles. The molecule has 1 aromatic heterocycles. The van der Waals surface area contributed by atoms with E-state index in [4.69, 9.17) is 0 Å². The zero-order chi connectivity index (χ0) is 14.9. The van der Waals surface area contributed by atoms with E-state index in [-0.39, 0.29) is 0 Å². The standard InChI is InChI=1S/C17H13BrN4/c18-15-8-4-3-7-14(15)16-19-17(21-20-16)22-10-9-12-5-1-2-6-13(12)11-22/h1-10H,11H2,(H,19,20,21). The fourth-order valence-corrected chi connectivity index (χ4v) is 3.01. The van der Waals surface area contributed by atoms with E-state index in [0.717, 1.165) is 22.4 Å². The zero-order valence-corrected chi connectivity index (χ0v) is 13.3. The summed E-state index contributed by atoms with van der Waals surface area (Å²) in [6.07, 6.45) is 4.11. The topological polar surface area (TPSA) is 44.8 Å². The largest absolute Gasteiger partial charge is 0.311 e. The van der Waals surface area contributed by atoms with Gasteiger partial charge in [-0.3, -0.25) is 5.10 Å². The Morgan fingerprint density at radius 2 is 1.86 bits per heavy atom. The Labute approximate surface area is 136 Å². The molecule has 4 nitrogen and oxygen atoms in total. The first-order valence-corrected chi connectivity index (χ1v) is 7.80. The summed E-state index contributed by atoms with van der Waals surface area (Å²) in [6.45, 7) is 0.778. The summed E-state index contributed by atoms with van der Waals surface area (Å²) in [5, 5.41) is 7.37. The summed E-state index contributed by atoms with van der Waals surface area (Å²) >= 11 is 3.54. The maximum atomic E-state index is 4.62. The Balaban J connectivity index is 1.65. The molecule has 0 saturated heterocycles. The van der Waals surface area contributed by atoms with Gasteiger partial charge in [0, 0.05) is 16.2 Å². The minimum atomic E-state index is 0.677. The molecule has 3 aromatic rings. The number of aromatic amines is 1. The lowest BCUT2D eigenvalue weighted by atomic mass is 10.0. The molecule has 0 amide bonds. The van der Waals surface area contributed by atoms with Crippen LogP contribution in [0.2, 0.25) is 0 Å². The number of hydrogen-bond donors (Lipinski definition) is 1. The van der Waals surface area contributed by atoms with E-state index in [1.165, 1.54) is 11.1 Å². The van der Waals surface area contributed by atoms with Crippen LogP contribution >= 0.6 is 15.9 Å². The second-order valence-electron chi connectivity index (χ2n) is 5.11. The third-order valence-electron chi connectivity index (χ3n) is 3.69. The van der Waals surface area contributed by atoms with Crippen molar-refractivity contribution in [2.75, 3.05) is 4.90 Å². The van der Waals surface area contributed by atoms with Gasteiger partial charge in [0.15, 0.2) is 5.82 Å². The maximum absolute atomic E-state index is 4.62. The first-order chi connectivity index (χ1) is 10.8. The van der Waals surface area contributed by atoms with Gasteiger partial charge in [0.2, 0.25) is 5.95 Å². The summed E-state index contributed by atoms with van der Waals surface area (Å²) in [5.74, 6) is 1.44. The average molecular weight is 353 g/mol. The van der Waals surface area contributed by atoms with E-state index in [1.54, 1.807) is 0 Å². The normalized spacial score (nSPS) is 13.2. The first kappa shape index (κ1) is 13.3. The van der Waals surface area contributed by atoms with E-state index < -0.39 is 0 Å². The third-order valence-corrected chi connectivity index (χ3v) is 4.38. The van der Waals surface area contributed by atoms with Gasteiger partial charge in [0.25, 0.3) is 0 Å². The molecule has 1 aliphatic heterocycles. The van der Waals surface area contributed by atoms with Gasteiger partial charge < -0.3 is 4.90 Å². The van der Waals surface area contributed by atoms with Crippen molar-refractivity contribution in [3.63, 3.8) is 0 Å². The minimum Gasteiger partial charge on any atom is -0.311 e. The molecule has 2 heterocycles. The fraction of sp³-hybridized carbons (Fsp3) is 0.0588. The molecule has 0 spiro atoms. The van der Waals surface area contributed by atoms with Crippen LogP contribution in [0, 0.1) is 0 Å². The molecule has 0 atom stereocenters. The lowest BCUT2D eigenvalue weighted by Gasteiger charge is -2.21. The maximum Gasteiger partial charge on any atom is 0.249 e. The van der Waals surface area contributed by atoms with Crippen molar-refractivity contribution in [2.45, 2.75) is 6.54 Å². The molecule has 22 heavy (non-hydrogen) atoms. The minimum absolute atomic E-state index is 0.677. The van der Waals surface area contributed by atoms with Crippen LogP contribution in [0.5, 0.6) is 0 Å². The summed E-state index contributed by atoms with van der Waals surface area (Å²) in [6, 6.07) is 16.3. The van der Waals surface area contributed by atoms with Crippen LogP contribution in [0.3, 0.4) is 0 Å². The van der Waals surface area contributed by atoms with Gasteiger partial charge in [-0.25, -0.2) is 0 Å². The number of hydrogen-bond acceptors (Lipinski definition) is 3. The summed E-state index contributed by atoms with van der Waals surface area (Å²) < 4.78 is 0.997. The Kier molecular flexibility index (Phi) is 3.27. The second-order valence-corrected chi connectivity index (χ2v) is 5.96. The molecular formula is C17H13BrN4. The van der Waals surface area contributed by atoms with E-state index in [0.29, 0.717) is 5.95 Å². The molecule has 1 N–H and O–H groups in total. The van der Waals surface area contributed by atoms with Gasteiger partial charge in [-0.05, 0) is 23.3 Å². The van der Waals surface area contributed by atoms with Gasteiger partial charge in [0.1, 0.15) is 0 Å². The highest BCUT2D eigenvalue weighted by atomic mass is 79.9. The summed E-state index contributed by atoms with van der Waals surface area (Å²) in [5.41, 5.74) is 3.53. The molecule has 0 fully saturated rings. The smallest absolute Gasteiger partial charge is 0.249 e. The van der Waals surface area contributed by atoms with Crippen LogP contribution in [0.15, 0.2) is 59.2 Å². The molecule has 5 heteroatoms. The molecule has 0 unspecified atom stereocenters. The predicted octanol–water partition coefficient (Wildman–Crippen LogP) is 4.23. The van der Waals surface area contributed by atoms with Gasteiger partial charge in [-0.2, -0.15) is 4.98 Å². The molecule has 0 radical (unpaired) electrons. The number of nitrogens with one attached hydrogen (secondary N) is 1. The molecule has 1 aliphatic rings. The molecule has 0 saturated carbocycles. The Hall–Kier alpha value is -2.40. The van der Waals surface area contributed by atoms with Crippen LogP contribution in [0.4, 0.5) is 5.95 Å². The van der Waals surface area contributed by atoms with E-state index in [1.807, 2.05) is 35.4 Å². The van der Waals surface area contributed by atoms with E-state index in [2.05, 4.69) is 61.5 Å². The van der Waals surface area contributed by atoms with Crippen LogP contribution in [0.1, 0.15) is 11.1 Å². The molecular weight excluding hydrogens is 340 g/mol. The quantitative estimate of drug-likeness (QED) is 0.750. The zero-order valence-electron chi connectivity index (χ0n) is 11.7. The fourth-order valence-electron chi connectivity index (χ4n) is 2.54. The predicted molar refractivity (Wildman–Crippen MR) is 91.2 cm³/mol. The summed E-state index contributed by atoms with van der Waals surface area (Å²) in [7, 11) is 0. The number of anilines is 1. The molecule has 2 aromatic carbocycles. The second kappa shape index (κ2) is 5.42. The SMILES string of the molecule is Brc1ccccc1-c1nc(N2C=Cc3ccccc3C2)n[nH]1. The van der Waals surface area contributed by atoms with Crippen molar-refractivity contribution < 1.29 is 0 Å². The number of fused-ring (bicyclic) bond motifs is 1. The van der Waals surface area contributed by atoms with Crippen LogP contribution in [-0.2, 0) is 6.54 Å². The van der Waals surface area contributed by atoms with Crippen LogP contribution in [-0.4, -0.2) is 15.2 Å². The number of rotatable bonds is 2. The first-order valence-electron chi connectivity index (χ1n) is 7.01. The summed E-state index contributed by atoms with van der Waals surface area (Å²) in [4.78, 5) is 6.66. The van der Waals surface area contributed by atoms with Crippen molar-refractivity contribution in [1.82, 2.24) is 15.2 Å². The van der Waals surface area contributed by atoms with Crippen molar-refractivity contribution in [2.24, 2.45) is 0 Å². The average Bonchev–Trinajstić information content (AvgIpc) is 3.04. The van der Waals surface area contributed by atoms with Crippen LogP contribution in [0.25, 0.3) is 17.5 Å². The van der Waals surface area contributed by atoms with Gasteiger partial charge in [-0.1, -0.05) is 58.4 Å². The number of benzene rings is 2.